The van der Waals surface area contributed by atoms with Crippen LogP contribution in [0.4, 0.5) is 0 Å². The Bertz CT molecular complexity index is 864. The van der Waals surface area contributed by atoms with E-state index in [2.05, 4.69) is 78.9 Å². The number of ether oxygens (including phenoxy) is 1. The normalized spacial score (nSPS) is 11.9. The summed E-state index contributed by atoms with van der Waals surface area (Å²) >= 11 is 0. The third-order valence-corrected chi connectivity index (χ3v) is 4.85. The Balaban J connectivity index is 1.72. The van der Waals surface area contributed by atoms with Gasteiger partial charge in [0.2, 0.25) is 0 Å². The summed E-state index contributed by atoms with van der Waals surface area (Å²) in [5.74, 6) is 0.910. The van der Waals surface area contributed by atoms with E-state index in [1.54, 1.807) is 7.11 Å². The number of hydrogen-bond acceptors (Lipinski definition) is 1. The van der Waals surface area contributed by atoms with Gasteiger partial charge in [-0.1, -0.05) is 48.5 Å². The highest BCUT2D eigenvalue weighted by molar-refractivity contribution is 5.28. The molecule has 2 aromatic carbocycles. The van der Waals surface area contributed by atoms with Crippen LogP contribution >= 0.6 is 0 Å². The van der Waals surface area contributed by atoms with Gasteiger partial charge in [-0.25, -0.2) is 0 Å². The predicted molar refractivity (Wildman–Crippen MR) is 111 cm³/mol. The van der Waals surface area contributed by atoms with Crippen LogP contribution in [0, 0.1) is 6.92 Å². The minimum Gasteiger partial charge on any atom is -0.497 e. The standard InChI is InChI=1S/C24H28N2O/c1-4-14-25(17-22-7-5-9-24(16-22)27-3)19-23-8-6-15-26(23)18-21-12-10-20(2)11-13-21/h4-13,15-16H,1,14,17-19H2,2-3H3/p+1. The van der Waals surface area contributed by atoms with Crippen LogP contribution in [-0.4, -0.2) is 18.2 Å². The van der Waals surface area contributed by atoms with E-state index in [9.17, 15) is 0 Å². The number of quaternary nitrogens is 1. The second-order valence-corrected chi connectivity index (χ2v) is 7.06. The summed E-state index contributed by atoms with van der Waals surface area (Å²) in [5, 5.41) is 0. The van der Waals surface area contributed by atoms with Gasteiger partial charge >= 0.3 is 0 Å². The van der Waals surface area contributed by atoms with E-state index in [0.29, 0.717) is 0 Å². The first kappa shape index (κ1) is 19.0. The number of nitrogens with one attached hydrogen (secondary N) is 1. The maximum atomic E-state index is 5.36. The number of rotatable bonds is 9. The molecule has 3 nitrogen and oxygen atoms in total. The van der Waals surface area contributed by atoms with E-state index in [1.807, 2.05) is 12.1 Å². The van der Waals surface area contributed by atoms with Crippen LogP contribution in [0.2, 0.25) is 0 Å². The van der Waals surface area contributed by atoms with E-state index in [4.69, 9.17) is 4.74 Å². The van der Waals surface area contributed by atoms with Crippen LogP contribution in [0.5, 0.6) is 5.75 Å². The molecule has 0 amide bonds. The second kappa shape index (κ2) is 9.24. The highest BCUT2D eigenvalue weighted by Gasteiger charge is 2.13. The SMILES string of the molecule is C=CC[NH+](Cc1cccc(OC)c1)Cc1cccn1Cc1ccc(C)cc1. The molecule has 0 radical (unpaired) electrons. The molecule has 1 unspecified atom stereocenters. The Labute approximate surface area is 162 Å². The molecule has 3 rings (SSSR count). The van der Waals surface area contributed by atoms with Gasteiger partial charge in [0.05, 0.1) is 19.3 Å². The van der Waals surface area contributed by atoms with Crippen LogP contribution in [0.25, 0.3) is 0 Å². The number of hydrogen-bond donors (Lipinski definition) is 1. The molecule has 1 aromatic heterocycles. The quantitative estimate of drug-likeness (QED) is 0.577. The van der Waals surface area contributed by atoms with E-state index in [1.165, 1.54) is 27.3 Å². The fourth-order valence-electron chi connectivity index (χ4n) is 3.39. The summed E-state index contributed by atoms with van der Waals surface area (Å²) in [5.41, 5.74) is 5.25. The zero-order valence-electron chi connectivity index (χ0n) is 16.3. The molecule has 140 valence electrons. The highest BCUT2D eigenvalue weighted by atomic mass is 16.5. The monoisotopic (exact) mass is 361 g/mol. The topological polar surface area (TPSA) is 18.6 Å². The highest BCUT2D eigenvalue weighted by Crippen LogP contribution is 2.12. The molecule has 0 saturated heterocycles. The average Bonchev–Trinajstić information content (AvgIpc) is 3.10. The van der Waals surface area contributed by atoms with E-state index >= 15 is 0 Å². The van der Waals surface area contributed by atoms with Crippen molar-refractivity contribution in [1.82, 2.24) is 4.57 Å². The Morgan fingerprint density at radius 3 is 2.56 bits per heavy atom. The van der Waals surface area contributed by atoms with Gasteiger partial charge in [-0.05, 0) is 42.8 Å². The van der Waals surface area contributed by atoms with Crippen molar-refractivity contribution in [2.75, 3.05) is 13.7 Å². The molecule has 0 bridgehead atoms. The van der Waals surface area contributed by atoms with Crippen molar-refractivity contribution in [3.63, 3.8) is 0 Å². The van der Waals surface area contributed by atoms with Crippen LogP contribution in [0.3, 0.4) is 0 Å². The van der Waals surface area contributed by atoms with Gasteiger partial charge in [0.1, 0.15) is 18.8 Å². The van der Waals surface area contributed by atoms with E-state index < -0.39 is 0 Å². The van der Waals surface area contributed by atoms with Crippen molar-refractivity contribution in [2.24, 2.45) is 0 Å². The third kappa shape index (κ3) is 5.35. The largest absolute Gasteiger partial charge is 0.497 e. The maximum Gasteiger partial charge on any atom is 0.119 e. The number of nitrogens with zero attached hydrogens (tertiary/aromatic N) is 1. The summed E-state index contributed by atoms with van der Waals surface area (Å²) in [4.78, 5) is 1.46. The fourth-order valence-corrected chi connectivity index (χ4v) is 3.39. The van der Waals surface area contributed by atoms with Gasteiger partial charge in [-0.2, -0.15) is 0 Å². The molecule has 0 aliphatic carbocycles. The summed E-state index contributed by atoms with van der Waals surface area (Å²) in [6.07, 6.45) is 4.18. The maximum absolute atomic E-state index is 5.36. The van der Waals surface area contributed by atoms with Crippen molar-refractivity contribution >= 4 is 0 Å². The molecule has 3 heteroatoms. The van der Waals surface area contributed by atoms with Crippen LogP contribution in [-0.2, 0) is 19.6 Å². The molecule has 0 fully saturated rings. The summed E-state index contributed by atoms with van der Waals surface area (Å²) in [7, 11) is 1.71. The molecule has 3 aromatic rings. The minimum atomic E-state index is 0.906. The lowest BCUT2D eigenvalue weighted by molar-refractivity contribution is -0.922. The number of benzene rings is 2. The lowest BCUT2D eigenvalue weighted by Crippen LogP contribution is -3.09. The fraction of sp³-hybridized carbons (Fsp3) is 0.250. The number of aromatic nitrogens is 1. The molecule has 27 heavy (non-hydrogen) atoms. The zero-order valence-corrected chi connectivity index (χ0v) is 16.3. The Morgan fingerprint density at radius 2 is 1.81 bits per heavy atom. The molecular formula is C24H29N2O+. The average molecular weight is 362 g/mol. The van der Waals surface area contributed by atoms with Crippen molar-refractivity contribution in [3.8, 4) is 5.75 Å². The summed E-state index contributed by atoms with van der Waals surface area (Å²) in [6.45, 7) is 9.81. The van der Waals surface area contributed by atoms with Crippen molar-refractivity contribution < 1.29 is 9.64 Å². The molecule has 1 heterocycles. The second-order valence-electron chi connectivity index (χ2n) is 7.06. The van der Waals surface area contributed by atoms with E-state index in [0.717, 1.165) is 31.9 Å². The van der Waals surface area contributed by atoms with Crippen LogP contribution < -0.4 is 9.64 Å². The lowest BCUT2D eigenvalue weighted by Gasteiger charge is -2.20. The van der Waals surface area contributed by atoms with Gasteiger partial charge in [0.15, 0.2) is 0 Å². The Hall–Kier alpha value is -2.78. The molecule has 1 N–H and O–H groups in total. The number of methoxy groups -OCH3 is 1. The summed E-state index contributed by atoms with van der Waals surface area (Å²) < 4.78 is 7.71. The molecule has 0 saturated carbocycles. The molecule has 1 atom stereocenters. The molecule has 0 spiro atoms. The lowest BCUT2D eigenvalue weighted by atomic mass is 10.1. The first-order valence-electron chi connectivity index (χ1n) is 9.45. The van der Waals surface area contributed by atoms with Gasteiger partial charge < -0.3 is 14.2 Å². The Kier molecular flexibility index (Phi) is 6.50. The number of aryl methyl sites for hydroxylation is 1. The van der Waals surface area contributed by atoms with Crippen molar-refractivity contribution in [3.05, 3.63) is 102 Å². The minimum absolute atomic E-state index is 0.906. The van der Waals surface area contributed by atoms with E-state index in [-0.39, 0.29) is 0 Å². The van der Waals surface area contributed by atoms with Gasteiger partial charge in [-0.15, -0.1) is 0 Å². The molecular weight excluding hydrogens is 332 g/mol. The predicted octanol–water partition coefficient (Wildman–Crippen LogP) is 3.62. The van der Waals surface area contributed by atoms with Crippen molar-refractivity contribution in [2.45, 2.75) is 26.6 Å². The third-order valence-electron chi connectivity index (χ3n) is 4.85. The Morgan fingerprint density at radius 1 is 1.00 bits per heavy atom. The first-order chi connectivity index (χ1) is 13.2. The molecule has 0 aliphatic rings. The van der Waals surface area contributed by atoms with Gasteiger partial charge in [-0.3, -0.25) is 0 Å². The smallest absolute Gasteiger partial charge is 0.119 e. The van der Waals surface area contributed by atoms with Crippen LogP contribution in [0.15, 0.2) is 79.5 Å². The van der Waals surface area contributed by atoms with Crippen LogP contribution in [0.1, 0.15) is 22.4 Å². The summed E-state index contributed by atoms with van der Waals surface area (Å²) in [6, 6.07) is 21.5. The zero-order chi connectivity index (χ0) is 19.1. The molecule has 0 aliphatic heterocycles. The van der Waals surface area contributed by atoms with Gasteiger partial charge in [0, 0.05) is 18.3 Å². The van der Waals surface area contributed by atoms with Gasteiger partial charge in [0.25, 0.3) is 0 Å². The first-order valence-corrected chi connectivity index (χ1v) is 9.45. The van der Waals surface area contributed by atoms with Crippen molar-refractivity contribution in [1.29, 1.82) is 0 Å².